The van der Waals surface area contributed by atoms with Crippen molar-refractivity contribution in [1.82, 2.24) is 10.3 Å². The zero-order valence-corrected chi connectivity index (χ0v) is 12.7. The normalized spacial score (nSPS) is 17.4. The highest BCUT2D eigenvalue weighted by Gasteiger charge is 2.22. The van der Waals surface area contributed by atoms with Crippen molar-refractivity contribution in [2.45, 2.75) is 26.0 Å². The SMILES string of the molecule is CC1NCCc2c1[nH]c1cccc(OCc3ccccc3)c21. The standard InChI is InChI=1S/C19H20N2O/c1-13-19-15(10-11-20-13)18-16(21-19)8-5-9-17(18)22-12-14-6-3-2-4-7-14/h2-9,13,20-21H,10-12H2,1H3. The number of hydrogen-bond acceptors (Lipinski definition) is 2. The zero-order chi connectivity index (χ0) is 14.9. The average Bonchev–Trinajstić information content (AvgIpc) is 2.95. The van der Waals surface area contributed by atoms with Crippen LogP contribution in [0.2, 0.25) is 0 Å². The lowest BCUT2D eigenvalue weighted by molar-refractivity contribution is 0.310. The van der Waals surface area contributed by atoms with Gasteiger partial charge in [0.25, 0.3) is 0 Å². The Hall–Kier alpha value is -2.26. The first kappa shape index (κ1) is 13.4. The van der Waals surface area contributed by atoms with Crippen molar-refractivity contribution in [3.05, 3.63) is 65.4 Å². The largest absolute Gasteiger partial charge is 0.488 e. The lowest BCUT2D eigenvalue weighted by Crippen LogP contribution is -2.27. The zero-order valence-electron chi connectivity index (χ0n) is 12.7. The van der Waals surface area contributed by atoms with Gasteiger partial charge in [-0.05, 0) is 43.1 Å². The summed E-state index contributed by atoms with van der Waals surface area (Å²) < 4.78 is 6.12. The number of aromatic nitrogens is 1. The molecule has 0 amide bonds. The first-order valence-corrected chi connectivity index (χ1v) is 7.86. The summed E-state index contributed by atoms with van der Waals surface area (Å²) in [6, 6.07) is 17.0. The highest BCUT2D eigenvalue weighted by molar-refractivity contribution is 5.91. The Labute approximate surface area is 130 Å². The average molecular weight is 292 g/mol. The van der Waals surface area contributed by atoms with Crippen LogP contribution in [-0.2, 0) is 13.0 Å². The van der Waals surface area contributed by atoms with Crippen molar-refractivity contribution in [2.75, 3.05) is 6.54 Å². The predicted molar refractivity (Wildman–Crippen MR) is 89.2 cm³/mol. The molecule has 3 heteroatoms. The summed E-state index contributed by atoms with van der Waals surface area (Å²) in [4.78, 5) is 3.56. The van der Waals surface area contributed by atoms with Gasteiger partial charge in [-0.2, -0.15) is 0 Å². The summed E-state index contributed by atoms with van der Waals surface area (Å²) in [5.41, 5.74) is 5.08. The Morgan fingerprint density at radius 3 is 2.82 bits per heavy atom. The monoisotopic (exact) mass is 292 g/mol. The quantitative estimate of drug-likeness (QED) is 0.767. The van der Waals surface area contributed by atoms with E-state index in [1.807, 2.05) is 18.2 Å². The van der Waals surface area contributed by atoms with E-state index in [0.717, 1.165) is 18.7 Å². The molecule has 22 heavy (non-hydrogen) atoms. The van der Waals surface area contributed by atoms with Crippen LogP contribution in [0.15, 0.2) is 48.5 Å². The summed E-state index contributed by atoms with van der Waals surface area (Å²) in [7, 11) is 0. The predicted octanol–water partition coefficient (Wildman–Crippen LogP) is 3.95. The van der Waals surface area contributed by atoms with Gasteiger partial charge in [0.1, 0.15) is 12.4 Å². The molecule has 0 radical (unpaired) electrons. The van der Waals surface area contributed by atoms with E-state index in [-0.39, 0.29) is 0 Å². The molecule has 4 rings (SSSR count). The highest BCUT2D eigenvalue weighted by atomic mass is 16.5. The van der Waals surface area contributed by atoms with Crippen LogP contribution in [0, 0.1) is 0 Å². The van der Waals surface area contributed by atoms with Crippen LogP contribution < -0.4 is 10.1 Å². The Bertz CT molecular complexity index is 792. The fourth-order valence-corrected chi connectivity index (χ4v) is 3.30. The number of fused-ring (bicyclic) bond motifs is 3. The summed E-state index contributed by atoms with van der Waals surface area (Å²) in [6.07, 6.45) is 1.05. The summed E-state index contributed by atoms with van der Waals surface area (Å²) in [5.74, 6) is 0.980. The van der Waals surface area contributed by atoms with Crippen molar-refractivity contribution >= 4 is 10.9 Å². The molecule has 0 saturated heterocycles. The molecule has 1 aromatic heterocycles. The number of benzene rings is 2. The van der Waals surface area contributed by atoms with E-state index in [4.69, 9.17) is 4.74 Å². The van der Waals surface area contributed by atoms with E-state index in [1.54, 1.807) is 0 Å². The van der Waals surface area contributed by atoms with Gasteiger partial charge in [-0.15, -0.1) is 0 Å². The van der Waals surface area contributed by atoms with Crippen LogP contribution in [0.4, 0.5) is 0 Å². The van der Waals surface area contributed by atoms with E-state index >= 15 is 0 Å². The molecular formula is C19H20N2O. The van der Waals surface area contributed by atoms with Gasteiger partial charge in [0, 0.05) is 22.6 Å². The molecule has 0 aliphatic carbocycles. The molecule has 2 heterocycles. The maximum absolute atomic E-state index is 6.12. The molecule has 0 spiro atoms. The van der Waals surface area contributed by atoms with E-state index in [2.05, 4.69) is 47.6 Å². The van der Waals surface area contributed by atoms with E-state index < -0.39 is 0 Å². The third kappa shape index (κ3) is 2.28. The minimum Gasteiger partial charge on any atom is -0.488 e. The van der Waals surface area contributed by atoms with Crippen LogP contribution >= 0.6 is 0 Å². The number of H-pyrrole nitrogens is 1. The molecule has 0 fully saturated rings. The Balaban J connectivity index is 1.72. The van der Waals surface area contributed by atoms with E-state index in [9.17, 15) is 0 Å². The van der Waals surface area contributed by atoms with Gasteiger partial charge in [-0.1, -0.05) is 36.4 Å². The summed E-state index contributed by atoms with van der Waals surface area (Å²) in [5, 5.41) is 4.76. The summed E-state index contributed by atoms with van der Waals surface area (Å²) >= 11 is 0. The topological polar surface area (TPSA) is 37.0 Å². The second kappa shape index (κ2) is 5.50. The van der Waals surface area contributed by atoms with Crippen LogP contribution in [0.25, 0.3) is 10.9 Å². The molecule has 0 saturated carbocycles. The Morgan fingerprint density at radius 2 is 1.95 bits per heavy atom. The Morgan fingerprint density at radius 1 is 1.09 bits per heavy atom. The van der Waals surface area contributed by atoms with Crippen LogP contribution in [0.5, 0.6) is 5.75 Å². The molecule has 1 aliphatic heterocycles. The van der Waals surface area contributed by atoms with Crippen molar-refractivity contribution < 1.29 is 4.74 Å². The number of nitrogens with one attached hydrogen (secondary N) is 2. The van der Waals surface area contributed by atoms with Gasteiger partial charge in [-0.3, -0.25) is 0 Å². The van der Waals surface area contributed by atoms with Gasteiger partial charge in [0.2, 0.25) is 0 Å². The second-order valence-electron chi connectivity index (χ2n) is 5.90. The number of hydrogen-bond donors (Lipinski definition) is 2. The maximum Gasteiger partial charge on any atom is 0.129 e. The Kier molecular flexibility index (Phi) is 3.35. The van der Waals surface area contributed by atoms with Gasteiger partial charge < -0.3 is 15.0 Å². The minimum atomic E-state index is 0.373. The first-order valence-electron chi connectivity index (χ1n) is 7.86. The third-order valence-electron chi connectivity index (χ3n) is 4.42. The third-order valence-corrected chi connectivity index (χ3v) is 4.42. The molecule has 2 N–H and O–H groups in total. The summed E-state index contributed by atoms with van der Waals surface area (Å²) in [6.45, 7) is 3.83. The minimum absolute atomic E-state index is 0.373. The van der Waals surface area contributed by atoms with Crippen LogP contribution in [0.3, 0.4) is 0 Å². The molecule has 2 aromatic carbocycles. The van der Waals surface area contributed by atoms with Gasteiger partial charge >= 0.3 is 0 Å². The fourth-order valence-electron chi connectivity index (χ4n) is 3.30. The van der Waals surface area contributed by atoms with Crippen molar-refractivity contribution in [1.29, 1.82) is 0 Å². The lowest BCUT2D eigenvalue weighted by Gasteiger charge is -2.20. The smallest absolute Gasteiger partial charge is 0.129 e. The molecular weight excluding hydrogens is 272 g/mol. The molecule has 3 aromatic rings. The van der Waals surface area contributed by atoms with E-state index in [0.29, 0.717) is 12.6 Å². The number of ether oxygens (including phenoxy) is 1. The van der Waals surface area contributed by atoms with Crippen molar-refractivity contribution in [3.8, 4) is 5.75 Å². The van der Waals surface area contributed by atoms with Crippen LogP contribution in [-0.4, -0.2) is 11.5 Å². The molecule has 1 unspecified atom stereocenters. The molecule has 1 aliphatic rings. The van der Waals surface area contributed by atoms with E-state index in [1.165, 1.54) is 27.7 Å². The lowest BCUT2D eigenvalue weighted by atomic mass is 10.00. The maximum atomic E-state index is 6.12. The molecule has 112 valence electrons. The molecule has 3 nitrogen and oxygen atoms in total. The highest BCUT2D eigenvalue weighted by Crippen LogP contribution is 2.35. The number of rotatable bonds is 3. The molecule has 0 bridgehead atoms. The van der Waals surface area contributed by atoms with Gasteiger partial charge in [-0.25, -0.2) is 0 Å². The van der Waals surface area contributed by atoms with Crippen molar-refractivity contribution in [3.63, 3.8) is 0 Å². The number of aromatic amines is 1. The second-order valence-corrected chi connectivity index (χ2v) is 5.90. The fraction of sp³-hybridized carbons (Fsp3) is 0.263. The van der Waals surface area contributed by atoms with Crippen LogP contribution in [0.1, 0.15) is 29.8 Å². The first-order chi connectivity index (χ1) is 10.8. The van der Waals surface area contributed by atoms with Gasteiger partial charge in [0.05, 0.1) is 0 Å². The van der Waals surface area contributed by atoms with Gasteiger partial charge in [0.15, 0.2) is 0 Å². The molecule has 1 atom stereocenters. The van der Waals surface area contributed by atoms with Crippen molar-refractivity contribution in [2.24, 2.45) is 0 Å².